The lowest BCUT2D eigenvalue weighted by atomic mass is 9.46. The van der Waals surface area contributed by atoms with E-state index in [0.29, 0.717) is 17.8 Å². The van der Waals surface area contributed by atoms with Crippen LogP contribution in [0.1, 0.15) is 58.3 Å². The Morgan fingerprint density at radius 1 is 1.28 bits per heavy atom. The predicted molar refractivity (Wildman–Crippen MR) is 92.2 cm³/mol. The van der Waals surface area contributed by atoms with E-state index in [-0.39, 0.29) is 29.0 Å². The second-order valence-corrected chi connectivity index (χ2v) is 9.61. The predicted octanol–water partition coefficient (Wildman–Crippen LogP) is 2.20. The van der Waals surface area contributed by atoms with Gasteiger partial charge in [0, 0.05) is 12.6 Å². The summed E-state index contributed by atoms with van der Waals surface area (Å²) >= 11 is 0. The zero-order valence-electron chi connectivity index (χ0n) is 15.1. The van der Waals surface area contributed by atoms with Crippen LogP contribution in [-0.2, 0) is 9.53 Å². The number of carbonyl (C=O) groups is 1. The van der Waals surface area contributed by atoms with Crippen molar-refractivity contribution in [2.24, 2.45) is 28.9 Å². The molecule has 2 N–H and O–H groups in total. The fourth-order valence-corrected chi connectivity index (χ4v) is 7.40. The molecule has 1 aliphatic heterocycles. The van der Waals surface area contributed by atoms with Gasteiger partial charge in [0.05, 0.1) is 17.7 Å². The van der Waals surface area contributed by atoms with E-state index in [1.165, 1.54) is 6.42 Å². The van der Waals surface area contributed by atoms with Gasteiger partial charge in [-0.2, -0.15) is 5.26 Å². The van der Waals surface area contributed by atoms with Gasteiger partial charge >= 0.3 is 0 Å². The maximum absolute atomic E-state index is 13.3. The molecule has 1 saturated heterocycles. The number of nitrogens with zero attached hydrogens (tertiary/aromatic N) is 2. The van der Waals surface area contributed by atoms with Crippen molar-refractivity contribution in [3.05, 3.63) is 0 Å². The number of nitrogens with two attached hydrogens (primary N) is 1. The Kier molecular flexibility index (Phi) is 3.35. The van der Waals surface area contributed by atoms with Gasteiger partial charge < -0.3 is 15.4 Å². The summed E-state index contributed by atoms with van der Waals surface area (Å²) < 4.78 is 6.26. The lowest BCUT2D eigenvalue weighted by Crippen LogP contribution is -2.65. The second-order valence-electron chi connectivity index (χ2n) is 9.61. The van der Waals surface area contributed by atoms with Gasteiger partial charge in [0.25, 0.3) is 0 Å². The minimum atomic E-state index is -0.464. The Hall–Kier alpha value is -1.12. The second kappa shape index (κ2) is 5.20. The average molecular weight is 343 g/mol. The molecular formula is C20H29N3O2. The van der Waals surface area contributed by atoms with E-state index < -0.39 is 6.04 Å². The van der Waals surface area contributed by atoms with E-state index in [2.05, 4.69) is 13.0 Å². The van der Waals surface area contributed by atoms with Crippen molar-refractivity contribution in [2.75, 3.05) is 6.61 Å². The van der Waals surface area contributed by atoms with Crippen molar-refractivity contribution in [3.8, 4) is 6.07 Å². The Morgan fingerprint density at radius 3 is 2.64 bits per heavy atom. The van der Waals surface area contributed by atoms with Crippen LogP contribution in [0.15, 0.2) is 0 Å². The Bertz CT molecular complexity index is 627. The van der Waals surface area contributed by atoms with Gasteiger partial charge in [0.1, 0.15) is 6.04 Å². The molecule has 6 rings (SSSR count). The zero-order valence-corrected chi connectivity index (χ0v) is 15.1. The first-order valence-electron chi connectivity index (χ1n) is 10.1. The number of nitriles is 1. The van der Waals surface area contributed by atoms with Gasteiger partial charge in [-0.15, -0.1) is 0 Å². The number of ether oxygens (including phenoxy) is 1. The molecule has 6 fully saturated rings. The molecule has 6 atom stereocenters. The molecule has 0 unspecified atom stereocenters. The molecule has 5 saturated carbocycles. The van der Waals surface area contributed by atoms with Gasteiger partial charge in [-0.05, 0) is 81.5 Å². The van der Waals surface area contributed by atoms with Crippen molar-refractivity contribution < 1.29 is 9.53 Å². The highest BCUT2D eigenvalue weighted by Crippen LogP contribution is 2.64. The highest BCUT2D eigenvalue weighted by Gasteiger charge is 2.63. The smallest absolute Gasteiger partial charge is 0.241 e. The van der Waals surface area contributed by atoms with Crippen LogP contribution in [0.4, 0.5) is 0 Å². The van der Waals surface area contributed by atoms with E-state index in [1.807, 2.05) is 4.90 Å². The largest absolute Gasteiger partial charge is 0.375 e. The monoisotopic (exact) mass is 343 g/mol. The summed E-state index contributed by atoms with van der Waals surface area (Å²) in [6.07, 6.45) is 8.58. The van der Waals surface area contributed by atoms with Crippen LogP contribution >= 0.6 is 0 Å². The minimum Gasteiger partial charge on any atom is -0.375 e. The number of carbonyl (C=O) groups excluding carboxylic acids is 1. The molecular weight excluding hydrogens is 314 g/mol. The van der Waals surface area contributed by atoms with E-state index >= 15 is 0 Å². The Labute approximate surface area is 149 Å². The van der Waals surface area contributed by atoms with Crippen molar-refractivity contribution in [1.29, 1.82) is 5.26 Å². The van der Waals surface area contributed by atoms with Crippen LogP contribution in [0.5, 0.6) is 0 Å². The van der Waals surface area contributed by atoms with Crippen molar-refractivity contribution in [3.63, 3.8) is 0 Å². The lowest BCUT2D eigenvalue weighted by Gasteiger charge is -2.63. The van der Waals surface area contributed by atoms with Crippen molar-refractivity contribution >= 4 is 5.91 Å². The summed E-state index contributed by atoms with van der Waals surface area (Å²) in [4.78, 5) is 15.2. The molecule has 1 amide bonds. The third kappa shape index (κ3) is 2.23. The third-order valence-corrected chi connectivity index (χ3v) is 7.94. The first kappa shape index (κ1) is 16.1. The van der Waals surface area contributed by atoms with Crippen LogP contribution in [0, 0.1) is 34.5 Å². The average Bonchev–Trinajstić information content (AvgIpc) is 3.22. The summed E-state index contributed by atoms with van der Waals surface area (Å²) in [5.74, 6) is 1.91. The molecule has 0 aromatic rings. The molecule has 0 radical (unpaired) electrons. The van der Waals surface area contributed by atoms with E-state index in [4.69, 9.17) is 10.5 Å². The molecule has 5 heteroatoms. The summed E-state index contributed by atoms with van der Waals surface area (Å²) in [5, 5.41) is 9.45. The Balaban J connectivity index is 1.42. The summed E-state index contributed by atoms with van der Waals surface area (Å²) in [7, 11) is 0. The fourth-order valence-electron chi connectivity index (χ4n) is 7.40. The molecule has 5 aliphatic carbocycles. The Morgan fingerprint density at radius 2 is 2.00 bits per heavy atom. The van der Waals surface area contributed by atoms with Crippen LogP contribution < -0.4 is 5.73 Å². The van der Waals surface area contributed by atoms with Crippen LogP contribution in [-0.4, -0.2) is 41.1 Å². The van der Waals surface area contributed by atoms with Crippen LogP contribution in [0.25, 0.3) is 0 Å². The van der Waals surface area contributed by atoms with Gasteiger partial charge in [-0.1, -0.05) is 0 Å². The SMILES string of the molecule is CCOC12C[C@H]3C[C@H](C1)CC([C@H](N)C(=O)N1[C@H](C#N)C[C@@H]4C[C@@H]41)(C3)C2. The van der Waals surface area contributed by atoms with Gasteiger partial charge in [-0.3, -0.25) is 4.79 Å². The van der Waals surface area contributed by atoms with Crippen molar-refractivity contribution in [2.45, 2.75) is 82.0 Å². The van der Waals surface area contributed by atoms with E-state index in [9.17, 15) is 10.1 Å². The van der Waals surface area contributed by atoms with Crippen LogP contribution in [0.2, 0.25) is 0 Å². The quantitative estimate of drug-likeness (QED) is 0.849. The fraction of sp³-hybridized carbons (Fsp3) is 0.900. The molecule has 25 heavy (non-hydrogen) atoms. The molecule has 6 aliphatic rings. The van der Waals surface area contributed by atoms with Crippen molar-refractivity contribution in [1.82, 2.24) is 4.90 Å². The number of fused-ring (bicyclic) bond motifs is 1. The highest BCUT2D eigenvalue weighted by atomic mass is 16.5. The highest BCUT2D eigenvalue weighted by molar-refractivity contribution is 5.84. The molecule has 4 bridgehead atoms. The topological polar surface area (TPSA) is 79.3 Å². The maximum Gasteiger partial charge on any atom is 0.241 e. The van der Waals surface area contributed by atoms with E-state index in [0.717, 1.165) is 51.6 Å². The number of rotatable bonds is 4. The number of amides is 1. The molecule has 0 spiro atoms. The molecule has 5 nitrogen and oxygen atoms in total. The van der Waals surface area contributed by atoms with Gasteiger partial charge in [-0.25, -0.2) is 0 Å². The summed E-state index contributed by atoms with van der Waals surface area (Å²) in [6, 6.07) is 1.91. The first-order valence-corrected chi connectivity index (χ1v) is 10.1. The van der Waals surface area contributed by atoms with Gasteiger partial charge in [0.15, 0.2) is 0 Å². The normalized spacial score (nSPS) is 50.4. The van der Waals surface area contributed by atoms with Crippen LogP contribution in [0.3, 0.4) is 0 Å². The van der Waals surface area contributed by atoms with E-state index in [1.54, 1.807) is 0 Å². The standard InChI is InChI=1S/C20H29N3O2/c1-2-25-20-8-12-3-13(9-20)7-19(6-12,11-20)17(22)18(24)23-15(10-21)4-14-5-16(14)23/h12-17H,2-9,11,22H2,1H3/t12-,13-,14+,15-,16-,17+,19?,20?/m0/s1. The molecule has 0 aromatic carbocycles. The zero-order chi connectivity index (χ0) is 17.4. The summed E-state index contributed by atoms with van der Waals surface area (Å²) in [6.45, 7) is 2.82. The minimum absolute atomic E-state index is 0.0432. The number of hydrogen-bond donors (Lipinski definition) is 1. The number of likely N-dealkylation sites (tertiary alicyclic amines) is 1. The molecule has 1 heterocycles. The maximum atomic E-state index is 13.3. The first-order chi connectivity index (χ1) is 12.0. The number of piperidine rings is 1. The summed E-state index contributed by atoms with van der Waals surface area (Å²) in [5.41, 5.74) is 6.54. The van der Waals surface area contributed by atoms with Gasteiger partial charge in [0.2, 0.25) is 5.91 Å². The molecule has 136 valence electrons. The third-order valence-electron chi connectivity index (χ3n) is 7.94. The number of hydrogen-bond acceptors (Lipinski definition) is 4. The lowest BCUT2D eigenvalue weighted by molar-refractivity contribution is -0.198. The molecule has 0 aromatic heterocycles.